The predicted octanol–water partition coefficient (Wildman–Crippen LogP) is 1.32. The van der Waals surface area contributed by atoms with Crippen LogP contribution in [-0.4, -0.2) is 45.9 Å². The zero-order chi connectivity index (χ0) is 17.9. The number of unbranched alkanes of at least 4 members (excludes halogenated alkanes) is 1. The lowest BCUT2D eigenvalue weighted by atomic mass is 10.1. The molecule has 0 radical (unpaired) electrons. The Morgan fingerprint density at radius 3 is 2.33 bits per heavy atom. The van der Waals surface area contributed by atoms with E-state index in [1.54, 1.807) is 12.1 Å². The number of amides is 1. The van der Waals surface area contributed by atoms with Gasteiger partial charge >= 0.3 is 11.9 Å². The SMILES string of the molecule is N[C@@H](CCCCNC(=O)C[C@@H](Sc1ccccc1)C(=O)O)C(=O)O. The Kier molecular flexibility index (Phi) is 8.88. The third-order valence-electron chi connectivity index (χ3n) is 3.25. The van der Waals surface area contributed by atoms with Crippen molar-refractivity contribution in [2.45, 2.75) is 41.9 Å². The molecule has 0 unspecified atom stereocenters. The Bertz CT molecular complexity index is 553. The maximum absolute atomic E-state index is 11.8. The number of carboxylic acids is 2. The third-order valence-corrected chi connectivity index (χ3v) is 4.45. The summed E-state index contributed by atoms with van der Waals surface area (Å²) in [6.07, 6.45) is 1.39. The molecule has 0 aliphatic rings. The molecule has 2 atom stereocenters. The van der Waals surface area contributed by atoms with Crippen molar-refractivity contribution in [3.63, 3.8) is 0 Å². The number of benzene rings is 1. The van der Waals surface area contributed by atoms with Gasteiger partial charge in [-0.05, 0) is 31.4 Å². The van der Waals surface area contributed by atoms with Crippen molar-refractivity contribution in [1.29, 1.82) is 0 Å². The molecular formula is C16H22N2O5S. The average molecular weight is 354 g/mol. The molecule has 0 aliphatic heterocycles. The first-order chi connectivity index (χ1) is 11.4. The largest absolute Gasteiger partial charge is 0.480 e. The number of hydrogen-bond acceptors (Lipinski definition) is 5. The van der Waals surface area contributed by atoms with Gasteiger partial charge in [0.15, 0.2) is 0 Å². The Balaban J connectivity index is 2.30. The first-order valence-corrected chi connectivity index (χ1v) is 8.47. The van der Waals surface area contributed by atoms with Gasteiger partial charge in [-0.3, -0.25) is 14.4 Å². The van der Waals surface area contributed by atoms with E-state index in [0.29, 0.717) is 25.8 Å². The minimum absolute atomic E-state index is 0.121. The quantitative estimate of drug-likeness (QED) is 0.348. The maximum atomic E-state index is 11.8. The Labute approximate surface area is 144 Å². The number of nitrogens with one attached hydrogen (secondary N) is 1. The van der Waals surface area contributed by atoms with Gasteiger partial charge in [-0.25, -0.2) is 0 Å². The van der Waals surface area contributed by atoms with Crippen LogP contribution >= 0.6 is 11.8 Å². The van der Waals surface area contributed by atoms with Crippen molar-refractivity contribution in [2.75, 3.05) is 6.54 Å². The second-order valence-electron chi connectivity index (χ2n) is 5.25. The van der Waals surface area contributed by atoms with E-state index in [4.69, 9.17) is 10.8 Å². The summed E-state index contributed by atoms with van der Waals surface area (Å²) in [7, 11) is 0. The molecule has 0 fully saturated rings. The molecule has 0 saturated carbocycles. The molecule has 0 saturated heterocycles. The van der Waals surface area contributed by atoms with Gasteiger partial charge in [0.05, 0.1) is 0 Å². The molecule has 132 valence electrons. The van der Waals surface area contributed by atoms with Crippen LogP contribution in [-0.2, 0) is 14.4 Å². The summed E-state index contributed by atoms with van der Waals surface area (Å²) in [5, 5.41) is 19.7. The first-order valence-electron chi connectivity index (χ1n) is 7.59. The van der Waals surface area contributed by atoms with E-state index in [-0.39, 0.29) is 12.3 Å². The fourth-order valence-corrected chi connectivity index (χ4v) is 2.90. The fourth-order valence-electron chi connectivity index (χ4n) is 1.92. The van der Waals surface area contributed by atoms with E-state index < -0.39 is 23.2 Å². The van der Waals surface area contributed by atoms with Crippen LogP contribution in [0.1, 0.15) is 25.7 Å². The number of carboxylic acid groups (broad SMARTS) is 2. The van der Waals surface area contributed by atoms with E-state index >= 15 is 0 Å². The Morgan fingerprint density at radius 1 is 1.08 bits per heavy atom. The summed E-state index contributed by atoms with van der Waals surface area (Å²) >= 11 is 1.13. The predicted molar refractivity (Wildman–Crippen MR) is 90.8 cm³/mol. The summed E-state index contributed by atoms with van der Waals surface area (Å²) in [5.74, 6) is -2.42. The van der Waals surface area contributed by atoms with Gasteiger partial charge in [-0.1, -0.05) is 18.2 Å². The molecule has 24 heavy (non-hydrogen) atoms. The fraction of sp³-hybridized carbons (Fsp3) is 0.438. The summed E-state index contributed by atoms with van der Waals surface area (Å²) in [6.45, 7) is 0.369. The molecule has 1 aromatic rings. The van der Waals surface area contributed by atoms with Crippen molar-refractivity contribution >= 4 is 29.6 Å². The summed E-state index contributed by atoms with van der Waals surface area (Å²) in [6, 6.07) is 8.16. The van der Waals surface area contributed by atoms with Crippen molar-refractivity contribution in [2.24, 2.45) is 5.73 Å². The highest BCUT2D eigenvalue weighted by Crippen LogP contribution is 2.25. The Hall–Kier alpha value is -2.06. The Morgan fingerprint density at radius 2 is 1.75 bits per heavy atom. The molecule has 1 aromatic carbocycles. The normalized spacial score (nSPS) is 13.0. The number of hydrogen-bond donors (Lipinski definition) is 4. The van der Waals surface area contributed by atoms with Crippen molar-refractivity contribution in [1.82, 2.24) is 5.32 Å². The number of carbonyl (C=O) groups excluding carboxylic acids is 1. The van der Waals surface area contributed by atoms with Crippen molar-refractivity contribution < 1.29 is 24.6 Å². The van der Waals surface area contributed by atoms with Crippen LogP contribution in [0.4, 0.5) is 0 Å². The molecule has 0 aliphatic carbocycles. The van der Waals surface area contributed by atoms with Crippen LogP contribution in [0.5, 0.6) is 0 Å². The number of nitrogens with two attached hydrogens (primary N) is 1. The minimum Gasteiger partial charge on any atom is -0.480 e. The van der Waals surface area contributed by atoms with Gasteiger partial charge in [0.2, 0.25) is 5.91 Å². The molecular weight excluding hydrogens is 332 g/mol. The highest BCUT2D eigenvalue weighted by atomic mass is 32.2. The van der Waals surface area contributed by atoms with Crippen LogP contribution in [0.25, 0.3) is 0 Å². The second-order valence-corrected chi connectivity index (χ2v) is 6.53. The summed E-state index contributed by atoms with van der Waals surface area (Å²) < 4.78 is 0. The zero-order valence-electron chi connectivity index (χ0n) is 13.2. The number of aliphatic carboxylic acids is 2. The van der Waals surface area contributed by atoms with E-state index in [2.05, 4.69) is 5.32 Å². The molecule has 0 bridgehead atoms. The number of carbonyl (C=O) groups is 3. The van der Waals surface area contributed by atoms with Crippen LogP contribution in [0.15, 0.2) is 35.2 Å². The van der Waals surface area contributed by atoms with Crippen LogP contribution in [0, 0.1) is 0 Å². The molecule has 0 aromatic heterocycles. The molecule has 0 heterocycles. The standard InChI is InChI=1S/C16H22N2O5S/c17-12(15(20)21)8-4-5-9-18-14(19)10-13(16(22)23)24-11-6-2-1-3-7-11/h1-3,6-7,12-13H,4-5,8-10,17H2,(H,18,19)(H,20,21)(H,22,23)/t12-,13+/m0/s1. The van der Waals surface area contributed by atoms with Gasteiger partial charge in [0, 0.05) is 17.9 Å². The van der Waals surface area contributed by atoms with Crippen LogP contribution < -0.4 is 11.1 Å². The van der Waals surface area contributed by atoms with Gasteiger partial charge in [-0.15, -0.1) is 11.8 Å². The lowest BCUT2D eigenvalue weighted by Gasteiger charge is -2.12. The van der Waals surface area contributed by atoms with E-state index in [9.17, 15) is 19.5 Å². The number of rotatable bonds is 11. The summed E-state index contributed by atoms with van der Waals surface area (Å²) in [5.41, 5.74) is 5.38. The number of thioether (sulfide) groups is 1. The molecule has 5 N–H and O–H groups in total. The lowest BCUT2D eigenvalue weighted by Crippen LogP contribution is -2.31. The minimum atomic E-state index is -1.04. The average Bonchev–Trinajstić information content (AvgIpc) is 2.54. The smallest absolute Gasteiger partial charge is 0.320 e. The maximum Gasteiger partial charge on any atom is 0.320 e. The van der Waals surface area contributed by atoms with Gasteiger partial charge in [0.25, 0.3) is 0 Å². The van der Waals surface area contributed by atoms with Crippen molar-refractivity contribution in [3.8, 4) is 0 Å². The summed E-state index contributed by atoms with van der Waals surface area (Å²) in [4.78, 5) is 34.5. The van der Waals surface area contributed by atoms with Gasteiger partial charge < -0.3 is 21.3 Å². The third kappa shape index (κ3) is 7.98. The van der Waals surface area contributed by atoms with E-state index in [1.165, 1.54) is 0 Å². The topological polar surface area (TPSA) is 130 Å². The molecule has 0 spiro atoms. The van der Waals surface area contributed by atoms with E-state index in [1.807, 2.05) is 18.2 Å². The lowest BCUT2D eigenvalue weighted by molar-refractivity contribution is -0.139. The molecule has 7 nitrogen and oxygen atoms in total. The van der Waals surface area contributed by atoms with Crippen molar-refractivity contribution in [3.05, 3.63) is 30.3 Å². The molecule has 8 heteroatoms. The first kappa shape index (κ1) is 20.0. The highest BCUT2D eigenvalue weighted by Gasteiger charge is 2.22. The highest BCUT2D eigenvalue weighted by molar-refractivity contribution is 8.00. The molecule has 1 rings (SSSR count). The van der Waals surface area contributed by atoms with Gasteiger partial charge in [0.1, 0.15) is 11.3 Å². The zero-order valence-corrected chi connectivity index (χ0v) is 14.0. The van der Waals surface area contributed by atoms with Crippen LogP contribution in [0.2, 0.25) is 0 Å². The molecule has 1 amide bonds. The second kappa shape index (κ2) is 10.7. The van der Waals surface area contributed by atoms with E-state index in [0.717, 1.165) is 16.7 Å². The van der Waals surface area contributed by atoms with Crippen LogP contribution in [0.3, 0.4) is 0 Å². The monoisotopic (exact) mass is 354 g/mol. The van der Waals surface area contributed by atoms with Gasteiger partial charge in [-0.2, -0.15) is 0 Å².